The minimum atomic E-state index is -1.43. The lowest BCUT2D eigenvalue weighted by Gasteiger charge is -2.18. The van der Waals surface area contributed by atoms with E-state index < -0.39 is 17.3 Å². The summed E-state index contributed by atoms with van der Waals surface area (Å²) < 4.78 is 0. The Labute approximate surface area is 107 Å². The molecule has 0 radical (unpaired) electrons. The smallest absolute Gasteiger partial charge is 0.318 e. The van der Waals surface area contributed by atoms with E-state index in [1.165, 1.54) is 19.4 Å². The quantitative estimate of drug-likeness (QED) is 0.788. The molecule has 1 aromatic carbocycles. The van der Waals surface area contributed by atoms with Crippen molar-refractivity contribution < 1.29 is 14.7 Å². The lowest BCUT2D eigenvalue weighted by molar-refractivity contribution is -0.151. The fourth-order valence-corrected chi connectivity index (χ4v) is 1.43. The second-order valence-electron chi connectivity index (χ2n) is 4.83. The van der Waals surface area contributed by atoms with Gasteiger partial charge in [0.2, 0.25) is 5.91 Å². The molecule has 0 aliphatic carbocycles. The molecule has 0 aromatic heterocycles. The molecule has 4 nitrogen and oxygen atoms in total. The van der Waals surface area contributed by atoms with Crippen LogP contribution >= 0.6 is 0 Å². The minimum absolute atomic E-state index is 0.516. The molecule has 0 fully saturated rings. The van der Waals surface area contributed by atoms with Gasteiger partial charge in [-0.05, 0) is 38.0 Å². The summed E-state index contributed by atoms with van der Waals surface area (Å²) in [6.45, 7) is 4.87. The Morgan fingerprint density at radius 3 is 2.22 bits per heavy atom. The molecular weight excluding hydrogens is 230 g/mol. The summed E-state index contributed by atoms with van der Waals surface area (Å²) >= 11 is 0. The number of rotatable bonds is 5. The van der Waals surface area contributed by atoms with Gasteiger partial charge in [-0.3, -0.25) is 9.59 Å². The molecule has 1 amide bonds. The highest BCUT2D eigenvalue weighted by atomic mass is 16.4. The van der Waals surface area contributed by atoms with Crippen molar-refractivity contribution in [1.29, 1.82) is 0 Å². The van der Waals surface area contributed by atoms with Gasteiger partial charge in [0, 0.05) is 5.69 Å². The summed E-state index contributed by atoms with van der Waals surface area (Å²) in [5.41, 5.74) is 0.393. The van der Waals surface area contributed by atoms with Crippen LogP contribution in [0.1, 0.15) is 32.8 Å². The van der Waals surface area contributed by atoms with Crippen molar-refractivity contribution in [3.8, 4) is 0 Å². The third-order valence-electron chi connectivity index (χ3n) is 2.85. The zero-order valence-corrected chi connectivity index (χ0v) is 11.0. The van der Waals surface area contributed by atoms with Gasteiger partial charge in [0.05, 0.1) is 0 Å². The Morgan fingerprint density at radius 2 is 1.78 bits per heavy atom. The van der Waals surface area contributed by atoms with E-state index in [1.54, 1.807) is 12.1 Å². The number of benzene rings is 1. The van der Waals surface area contributed by atoms with Gasteiger partial charge in [-0.25, -0.2) is 0 Å². The Kier molecular flexibility index (Phi) is 4.48. The number of carbonyl (C=O) groups is 2. The average molecular weight is 249 g/mol. The SMILES string of the molecule is CCCc1ccc(NC(=O)C(C)(C)C(=O)O)cc1. The van der Waals surface area contributed by atoms with Gasteiger partial charge >= 0.3 is 5.97 Å². The number of carboxylic acid groups (broad SMARTS) is 1. The molecule has 0 heterocycles. The average Bonchev–Trinajstić information content (AvgIpc) is 2.31. The van der Waals surface area contributed by atoms with Crippen LogP contribution in [0, 0.1) is 5.41 Å². The monoisotopic (exact) mass is 249 g/mol. The molecule has 0 unspecified atom stereocenters. The molecule has 98 valence electrons. The fraction of sp³-hybridized carbons (Fsp3) is 0.429. The van der Waals surface area contributed by atoms with E-state index in [0.29, 0.717) is 5.69 Å². The minimum Gasteiger partial charge on any atom is -0.480 e. The van der Waals surface area contributed by atoms with Crippen molar-refractivity contribution in [3.05, 3.63) is 29.8 Å². The van der Waals surface area contributed by atoms with Gasteiger partial charge < -0.3 is 10.4 Å². The molecule has 0 saturated carbocycles. The molecule has 1 rings (SSSR count). The molecule has 0 aliphatic heterocycles. The van der Waals surface area contributed by atoms with Crippen LogP contribution in [0.25, 0.3) is 0 Å². The van der Waals surface area contributed by atoms with E-state index in [-0.39, 0.29) is 0 Å². The van der Waals surface area contributed by atoms with E-state index in [4.69, 9.17) is 5.11 Å². The highest BCUT2D eigenvalue weighted by Gasteiger charge is 2.35. The summed E-state index contributed by atoms with van der Waals surface area (Å²) in [4.78, 5) is 22.7. The second kappa shape index (κ2) is 5.67. The van der Waals surface area contributed by atoms with Gasteiger partial charge in [0.15, 0.2) is 0 Å². The van der Waals surface area contributed by atoms with E-state index in [0.717, 1.165) is 12.8 Å². The Hall–Kier alpha value is -1.84. The van der Waals surface area contributed by atoms with Crippen LogP contribution in [0.3, 0.4) is 0 Å². The van der Waals surface area contributed by atoms with Gasteiger partial charge in [-0.15, -0.1) is 0 Å². The summed E-state index contributed by atoms with van der Waals surface area (Å²) in [6.07, 6.45) is 2.06. The topological polar surface area (TPSA) is 66.4 Å². The normalized spacial score (nSPS) is 11.1. The van der Waals surface area contributed by atoms with Crippen molar-refractivity contribution in [2.24, 2.45) is 5.41 Å². The molecule has 0 atom stereocenters. The number of anilines is 1. The maximum absolute atomic E-state index is 11.8. The van der Waals surface area contributed by atoms with Gasteiger partial charge in [0.25, 0.3) is 0 Å². The van der Waals surface area contributed by atoms with Crippen molar-refractivity contribution in [1.82, 2.24) is 0 Å². The standard InChI is InChI=1S/C14H19NO3/c1-4-5-10-6-8-11(9-7-10)15-12(16)14(2,3)13(17)18/h6-9H,4-5H2,1-3H3,(H,15,16)(H,17,18). The first-order chi connectivity index (χ1) is 8.37. The summed E-state index contributed by atoms with van der Waals surface area (Å²) in [7, 11) is 0. The Balaban J connectivity index is 2.73. The Bertz CT molecular complexity index is 435. The van der Waals surface area contributed by atoms with Crippen molar-refractivity contribution >= 4 is 17.6 Å². The fourth-order valence-electron chi connectivity index (χ4n) is 1.43. The molecular formula is C14H19NO3. The van der Waals surface area contributed by atoms with E-state index in [1.807, 2.05) is 12.1 Å². The first-order valence-electron chi connectivity index (χ1n) is 6.01. The molecule has 18 heavy (non-hydrogen) atoms. The van der Waals surface area contributed by atoms with Crippen LogP contribution in [0.5, 0.6) is 0 Å². The summed E-state index contributed by atoms with van der Waals surface area (Å²) in [6, 6.07) is 7.46. The zero-order valence-electron chi connectivity index (χ0n) is 11.0. The number of nitrogens with one attached hydrogen (secondary N) is 1. The van der Waals surface area contributed by atoms with Crippen LogP contribution in [-0.2, 0) is 16.0 Å². The maximum atomic E-state index is 11.8. The van der Waals surface area contributed by atoms with E-state index in [9.17, 15) is 9.59 Å². The number of hydrogen-bond donors (Lipinski definition) is 2. The van der Waals surface area contributed by atoms with Crippen LogP contribution in [-0.4, -0.2) is 17.0 Å². The number of carbonyl (C=O) groups excluding carboxylic acids is 1. The van der Waals surface area contributed by atoms with Gasteiger partial charge in [0.1, 0.15) is 5.41 Å². The molecule has 0 bridgehead atoms. The number of amides is 1. The van der Waals surface area contributed by atoms with Crippen molar-refractivity contribution in [2.45, 2.75) is 33.6 Å². The predicted octanol–water partition coefficient (Wildman–Crippen LogP) is 2.69. The number of aryl methyl sites for hydroxylation is 1. The van der Waals surface area contributed by atoms with Crippen molar-refractivity contribution in [2.75, 3.05) is 5.32 Å². The lowest BCUT2D eigenvalue weighted by Crippen LogP contribution is -2.37. The van der Waals surface area contributed by atoms with Crippen LogP contribution < -0.4 is 5.32 Å². The largest absolute Gasteiger partial charge is 0.480 e. The molecule has 2 N–H and O–H groups in total. The third kappa shape index (κ3) is 3.32. The van der Waals surface area contributed by atoms with Crippen LogP contribution in [0.15, 0.2) is 24.3 Å². The predicted molar refractivity (Wildman–Crippen MR) is 70.5 cm³/mol. The first-order valence-corrected chi connectivity index (χ1v) is 6.01. The maximum Gasteiger partial charge on any atom is 0.318 e. The first kappa shape index (κ1) is 14.2. The number of aliphatic carboxylic acids is 1. The molecule has 0 aliphatic rings. The Morgan fingerprint density at radius 1 is 1.22 bits per heavy atom. The number of hydrogen-bond acceptors (Lipinski definition) is 2. The second-order valence-corrected chi connectivity index (χ2v) is 4.83. The van der Waals surface area contributed by atoms with Crippen LogP contribution in [0.4, 0.5) is 5.69 Å². The molecule has 0 spiro atoms. The van der Waals surface area contributed by atoms with Crippen LogP contribution in [0.2, 0.25) is 0 Å². The third-order valence-corrected chi connectivity index (χ3v) is 2.85. The highest BCUT2D eigenvalue weighted by Crippen LogP contribution is 2.19. The molecule has 0 saturated heterocycles. The van der Waals surface area contributed by atoms with Gasteiger partial charge in [-0.2, -0.15) is 0 Å². The summed E-state index contributed by atoms with van der Waals surface area (Å²) in [5, 5.41) is 11.6. The molecule has 1 aromatic rings. The van der Waals surface area contributed by atoms with E-state index in [2.05, 4.69) is 12.2 Å². The highest BCUT2D eigenvalue weighted by molar-refractivity contribution is 6.07. The number of carboxylic acids is 1. The van der Waals surface area contributed by atoms with Crippen molar-refractivity contribution in [3.63, 3.8) is 0 Å². The summed E-state index contributed by atoms with van der Waals surface area (Å²) in [5.74, 6) is -1.65. The lowest BCUT2D eigenvalue weighted by atomic mass is 9.92. The van der Waals surface area contributed by atoms with Gasteiger partial charge in [-0.1, -0.05) is 25.5 Å². The van der Waals surface area contributed by atoms with E-state index >= 15 is 0 Å². The zero-order chi connectivity index (χ0) is 13.8. The molecule has 4 heteroatoms.